The van der Waals surface area contributed by atoms with Crippen LogP contribution in [-0.2, 0) is 11.2 Å². The molecule has 0 spiro atoms. The Hall–Kier alpha value is -1.11. The molecule has 0 aromatic heterocycles. The molecule has 1 aliphatic carbocycles. The summed E-state index contributed by atoms with van der Waals surface area (Å²) in [5.41, 5.74) is 2.67. The standard InChI is InChI=1S/C21H32O/c1-2-3-4-5-6-7-8-11-18-14-16-19(17-15-18)20-12-9-10-13-21(20)22/h14-17,20H,2-13H2,1H3. The molecular formula is C21H32O. The van der Waals surface area contributed by atoms with E-state index in [1.165, 1.54) is 68.9 Å². The van der Waals surface area contributed by atoms with Gasteiger partial charge in [0.05, 0.1) is 0 Å². The van der Waals surface area contributed by atoms with Crippen LogP contribution in [0.15, 0.2) is 24.3 Å². The molecule has 1 saturated carbocycles. The first-order chi connectivity index (χ1) is 10.8. The molecule has 1 unspecified atom stereocenters. The van der Waals surface area contributed by atoms with Gasteiger partial charge in [-0.2, -0.15) is 0 Å². The Morgan fingerprint density at radius 2 is 1.59 bits per heavy atom. The van der Waals surface area contributed by atoms with Crippen molar-refractivity contribution in [1.29, 1.82) is 0 Å². The maximum atomic E-state index is 12.0. The second-order valence-electron chi connectivity index (χ2n) is 6.88. The predicted octanol–water partition coefficient (Wildman–Crippen LogP) is 6.21. The van der Waals surface area contributed by atoms with Crippen LogP contribution in [0.25, 0.3) is 0 Å². The van der Waals surface area contributed by atoms with Gasteiger partial charge < -0.3 is 0 Å². The minimum atomic E-state index is 0.182. The quantitative estimate of drug-likeness (QED) is 0.496. The van der Waals surface area contributed by atoms with Crippen LogP contribution in [-0.4, -0.2) is 5.78 Å². The highest BCUT2D eigenvalue weighted by Gasteiger charge is 2.23. The number of rotatable bonds is 9. The van der Waals surface area contributed by atoms with E-state index in [0.717, 1.165) is 19.3 Å². The third-order valence-electron chi connectivity index (χ3n) is 5.01. The molecule has 1 atom stereocenters. The number of unbranched alkanes of at least 4 members (excludes halogenated alkanes) is 6. The van der Waals surface area contributed by atoms with Gasteiger partial charge in [-0.3, -0.25) is 4.79 Å². The van der Waals surface area contributed by atoms with Crippen LogP contribution in [0.1, 0.15) is 94.6 Å². The first-order valence-electron chi connectivity index (χ1n) is 9.43. The van der Waals surface area contributed by atoms with Crippen LogP contribution in [0.2, 0.25) is 0 Å². The van der Waals surface area contributed by atoms with Crippen LogP contribution in [0, 0.1) is 0 Å². The molecule has 1 fully saturated rings. The average Bonchev–Trinajstić information content (AvgIpc) is 2.55. The van der Waals surface area contributed by atoms with Crippen LogP contribution in [0.5, 0.6) is 0 Å². The molecule has 2 rings (SSSR count). The highest BCUT2D eigenvalue weighted by molar-refractivity contribution is 5.86. The van der Waals surface area contributed by atoms with E-state index in [-0.39, 0.29) is 5.92 Å². The number of hydrogen-bond acceptors (Lipinski definition) is 1. The topological polar surface area (TPSA) is 17.1 Å². The van der Waals surface area contributed by atoms with Crippen molar-refractivity contribution in [2.75, 3.05) is 0 Å². The van der Waals surface area contributed by atoms with Crippen molar-refractivity contribution in [2.45, 2.75) is 89.9 Å². The summed E-state index contributed by atoms with van der Waals surface area (Å²) in [7, 11) is 0. The van der Waals surface area contributed by atoms with Gasteiger partial charge in [0.2, 0.25) is 0 Å². The fourth-order valence-corrected chi connectivity index (χ4v) is 3.54. The number of benzene rings is 1. The largest absolute Gasteiger partial charge is 0.299 e. The minimum Gasteiger partial charge on any atom is -0.299 e. The van der Waals surface area contributed by atoms with Crippen molar-refractivity contribution in [3.63, 3.8) is 0 Å². The Morgan fingerprint density at radius 3 is 2.27 bits per heavy atom. The predicted molar refractivity (Wildman–Crippen MR) is 94.4 cm³/mol. The van der Waals surface area contributed by atoms with E-state index in [2.05, 4.69) is 31.2 Å². The Labute approximate surface area is 136 Å². The summed E-state index contributed by atoms with van der Waals surface area (Å²) < 4.78 is 0. The van der Waals surface area contributed by atoms with E-state index in [1.807, 2.05) is 0 Å². The fourth-order valence-electron chi connectivity index (χ4n) is 3.54. The number of aryl methyl sites for hydroxylation is 1. The number of ketones is 1. The van der Waals surface area contributed by atoms with Crippen molar-refractivity contribution in [3.05, 3.63) is 35.4 Å². The molecule has 0 radical (unpaired) electrons. The van der Waals surface area contributed by atoms with Gasteiger partial charge in [-0.1, -0.05) is 76.1 Å². The van der Waals surface area contributed by atoms with E-state index in [4.69, 9.17) is 0 Å². The maximum Gasteiger partial charge on any atom is 0.140 e. The van der Waals surface area contributed by atoms with Crippen molar-refractivity contribution < 1.29 is 4.79 Å². The Morgan fingerprint density at radius 1 is 0.909 bits per heavy atom. The molecular weight excluding hydrogens is 268 g/mol. The molecule has 1 aliphatic rings. The van der Waals surface area contributed by atoms with Crippen molar-refractivity contribution >= 4 is 5.78 Å². The van der Waals surface area contributed by atoms with Crippen LogP contribution < -0.4 is 0 Å². The lowest BCUT2D eigenvalue weighted by Crippen LogP contribution is -2.16. The first-order valence-corrected chi connectivity index (χ1v) is 9.43. The highest BCUT2D eigenvalue weighted by atomic mass is 16.1. The summed E-state index contributed by atoms with van der Waals surface area (Å²) in [5, 5.41) is 0. The van der Waals surface area contributed by atoms with Gasteiger partial charge in [0.15, 0.2) is 0 Å². The number of carbonyl (C=O) groups excluding carboxylic acids is 1. The van der Waals surface area contributed by atoms with Gasteiger partial charge in [0.1, 0.15) is 5.78 Å². The fraction of sp³-hybridized carbons (Fsp3) is 0.667. The van der Waals surface area contributed by atoms with E-state index < -0.39 is 0 Å². The lowest BCUT2D eigenvalue weighted by Gasteiger charge is -2.20. The molecule has 0 amide bonds. The maximum absolute atomic E-state index is 12.0. The molecule has 0 bridgehead atoms. The summed E-state index contributed by atoms with van der Waals surface area (Å²) >= 11 is 0. The summed E-state index contributed by atoms with van der Waals surface area (Å²) in [6.07, 6.45) is 14.9. The molecule has 1 heteroatoms. The smallest absolute Gasteiger partial charge is 0.140 e. The molecule has 0 saturated heterocycles. The van der Waals surface area contributed by atoms with Gasteiger partial charge in [0.25, 0.3) is 0 Å². The zero-order valence-corrected chi connectivity index (χ0v) is 14.3. The number of hydrogen-bond donors (Lipinski definition) is 0. The third-order valence-corrected chi connectivity index (χ3v) is 5.01. The molecule has 1 aromatic rings. The third kappa shape index (κ3) is 5.59. The van der Waals surface area contributed by atoms with E-state index in [9.17, 15) is 4.79 Å². The number of carbonyl (C=O) groups is 1. The van der Waals surface area contributed by atoms with Crippen LogP contribution in [0.3, 0.4) is 0 Å². The first kappa shape index (κ1) is 17.2. The molecule has 22 heavy (non-hydrogen) atoms. The molecule has 0 heterocycles. The Bertz CT molecular complexity index is 432. The van der Waals surface area contributed by atoms with Crippen molar-refractivity contribution in [1.82, 2.24) is 0 Å². The molecule has 0 N–H and O–H groups in total. The van der Waals surface area contributed by atoms with E-state index in [1.54, 1.807) is 0 Å². The van der Waals surface area contributed by atoms with Crippen molar-refractivity contribution in [2.24, 2.45) is 0 Å². The summed E-state index contributed by atoms with van der Waals surface area (Å²) in [6, 6.07) is 8.89. The van der Waals surface area contributed by atoms with E-state index in [0.29, 0.717) is 5.78 Å². The highest BCUT2D eigenvalue weighted by Crippen LogP contribution is 2.30. The lowest BCUT2D eigenvalue weighted by atomic mass is 9.82. The number of Topliss-reactive ketones (excluding diaryl/α,β-unsaturated/α-hetero) is 1. The monoisotopic (exact) mass is 300 g/mol. The Kier molecular flexibility index (Phi) is 7.70. The van der Waals surface area contributed by atoms with Gasteiger partial charge in [-0.25, -0.2) is 0 Å². The SMILES string of the molecule is CCCCCCCCCc1ccc(C2CCCCC2=O)cc1. The molecule has 1 aromatic carbocycles. The molecule has 122 valence electrons. The molecule has 1 nitrogen and oxygen atoms in total. The van der Waals surface area contributed by atoms with Gasteiger partial charge in [-0.15, -0.1) is 0 Å². The van der Waals surface area contributed by atoms with Crippen molar-refractivity contribution in [3.8, 4) is 0 Å². The van der Waals surface area contributed by atoms with Crippen LogP contribution in [0.4, 0.5) is 0 Å². The van der Waals surface area contributed by atoms with Crippen LogP contribution >= 0.6 is 0 Å². The second-order valence-corrected chi connectivity index (χ2v) is 6.88. The second kappa shape index (κ2) is 9.82. The summed E-state index contributed by atoms with van der Waals surface area (Å²) in [6.45, 7) is 2.27. The average molecular weight is 300 g/mol. The summed E-state index contributed by atoms with van der Waals surface area (Å²) in [5.74, 6) is 0.632. The zero-order valence-electron chi connectivity index (χ0n) is 14.3. The zero-order chi connectivity index (χ0) is 15.6. The van der Waals surface area contributed by atoms with Gasteiger partial charge in [-0.05, 0) is 36.8 Å². The van der Waals surface area contributed by atoms with E-state index >= 15 is 0 Å². The lowest BCUT2D eigenvalue weighted by molar-refractivity contribution is -0.121. The normalized spacial score (nSPS) is 18.6. The molecule has 0 aliphatic heterocycles. The summed E-state index contributed by atoms with van der Waals surface area (Å²) in [4.78, 5) is 12.0. The van der Waals surface area contributed by atoms with Gasteiger partial charge in [0, 0.05) is 12.3 Å². The van der Waals surface area contributed by atoms with Gasteiger partial charge >= 0.3 is 0 Å². The minimum absolute atomic E-state index is 0.182. The Balaban J connectivity index is 1.69.